The highest BCUT2D eigenvalue weighted by atomic mass is 16.5. The summed E-state index contributed by atoms with van der Waals surface area (Å²) in [4.78, 5) is 29.9. The Morgan fingerprint density at radius 2 is 1.59 bits per heavy atom. The second-order valence-electron chi connectivity index (χ2n) is 7.39. The minimum Gasteiger partial charge on any atom is -0.497 e. The van der Waals surface area contributed by atoms with Crippen LogP contribution in [0.1, 0.15) is 30.6 Å². The lowest BCUT2D eigenvalue weighted by atomic mass is 10.0. The van der Waals surface area contributed by atoms with Gasteiger partial charge in [-0.25, -0.2) is 0 Å². The van der Waals surface area contributed by atoms with Crippen molar-refractivity contribution in [2.75, 3.05) is 47.4 Å². The van der Waals surface area contributed by atoms with Crippen molar-refractivity contribution >= 4 is 11.8 Å². The van der Waals surface area contributed by atoms with Gasteiger partial charge in [0.15, 0.2) is 0 Å². The van der Waals surface area contributed by atoms with Crippen molar-refractivity contribution in [1.29, 1.82) is 0 Å². The summed E-state index contributed by atoms with van der Waals surface area (Å²) in [5.41, 5.74) is 0.408. The molecule has 1 fully saturated rings. The number of hydrogen-bond donors (Lipinski definition) is 1. The largest absolute Gasteiger partial charge is 0.497 e. The third-order valence-corrected chi connectivity index (χ3v) is 4.74. The molecule has 1 aliphatic heterocycles. The molecule has 27 heavy (non-hydrogen) atoms. The molecular weight excluding hydrogens is 346 g/mol. The Morgan fingerprint density at radius 3 is 2.07 bits per heavy atom. The van der Waals surface area contributed by atoms with Gasteiger partial charge in [0.1, 0.15) is 17.5 Å². The SMILES string of the molecule is COc1cc(OC)cc(C(=O)N[C@@H](CC(C)C)C(=O)N2CCN(C)CC2)c1. The van der Waals surface area contributed by atoms with E-state index in [0.29, 0.717) is 36.6 Å². The molecule has 0 saturated carbocycles. The minimum atomic E-state index is -0.543. The Morgan fingerprint density at radius 1 is 1.04 bits per heavy atom. The highest BCUT2D eigenvalue weighted by molar-refractivity contribution is 5.98. The summed E-state index contributed by atoms with van der Waals surface area (Å²) in [6.07, 6.45) is 0.595. The molecule has 0 unspecified atom stereocenters. The Bertz CT molecular complexity index is 632. The highest BCUT2D eigenvalue weighted by Crippen LogP contribution is 2.23. The number of amides is 2. The van der Waals surface area contributed by atoms with E-state index in [0.717, 1.165) is 13.1 Å². The predicted octanol–water partition coefficient (Wildman–Crippen LogP) is 1.62. The van der Waals surface area contributed by atoms with E-state index in [2.05, 4.69) is 10.2 Å². The molecule has 1 aromatic carbocycles. The summed E-state index contributed by atoms with van der Waals surface area (Å²) in [5.74, 6) is 1.03. The van der Waals surface area contributed by atoms with Crippen LogP contribution in [0.2, 0.25) is 0 Å². The van der Waals surface area contributed by atoms with Gasteiger partial charge in [-0.15, -0.1) is 0 Å². The molecule has 2 amide bonds. The lowest BCUT2D eigenvalue weighted by Gasteiger charge is -2.35. The standard InChI is InChI=1S/C20H31N3O4/c1-14(2)10-18(20(25)23-8-6-22(3)7-9-23)21-19(24)15-11-16(26-4)13-17(12-15)27-5/h11-14,18H,6-10H2,1-5H3,(H,21,24)/t18-/m0/s1. The van der Waals surface area contributed by atoms with E-state index >= 15 is 0 Å². The zero-order valence-electron chi connectivity index (χ0n) is 16.9. The number of carbonyl (C=O) groups is 2. The van der Waals surface area contributed by atoms with Crippen LogP contribution in [0.3, 0.4) is 0 Å². The first-order chi connectivity index (χ1) is 12.8. The first-order valence-corrected chi connectivity index (χ1v) is 9.35. The molecule has 1 aliphatic rings. The molecular formula is C20H31N3O4. The monoisotopic (exact) mass is 377 g/mol. The summed E-state index contributed by atoms with van der Waals surface area (Å²) >= 11 is 0. The van der Waals surface area contributed by atoms with E-state index in [1.54, 1.807) is 18.2 Å². The number of rotatable bonds is 7. The third kappa shape index (κ3) is 5.85. The maximum absolute atomic E-state index is 13.0. The number of hydrogen-bond acceptors (Lipinski definition) is 5. The zero-order chi connectivity index (χ0) is 20.0. The summed E-state index contributed by atoms with van der Waals surface area (Å²) in [7, 11) is 5.12. The van der Waals surface area contributed by atoms with E-state index in [4.69, 9.17) is 9.47 Å². The van der Waals surface area contributed by atoms with Gasteiger partial charge < -0.3 is 24.6 Å². The van der Waals surface area contributed by atoms with Crippen LogP contribution in [0.15, 0.2) is 18.2 Å². The second kappa shape index (κ2) is 9.60. The quantitative estimate of drug-likeness (QED) is 0.782. The number of carbonyl (C=O) groups excluding carboxylic acids is 2. The zero-order valence-corrected chi connectivity index (χ0v) is 16.9. The van der Waals surface area contributed by atoms with Crippen molar-refractivity contribution in [3.8, 4) is 11.5 Å². The molecule has 0 spiro atoms. The van der Waals surface area contributed by atoms with Gasteiger partial charge in [0, 0.05) is 37.8 Å². The molecule has 0 bridgehead atoms. The van der Waals surface area contributed by atoms with Crippen LogP contribution in [0.5, 0.6) is 11.5 Å². The van der Waals surface area contributed by atoms with Crippen molar-refractivity contribution in [3.63, 3.8) is 0 Å². The number of nitrogens with one attached hydrogen (secondary N) is 1. The topological polar surface area (TPSA) is 71.1 Å². The van der Waals surface area contributed by atoms with Gasteiger partial charge in [-0.05, 0) is 31.5 Å². The molecule has 1 heterocycles. The van der Waals surface area contributed by atoms with E-state index in [1.165, 1.54) is 14.2 Å². The fourth-order valence-corrected chi connectivity index (χ4v) is 3.12. The van der Waals surface area contributed by atoms with Crippen LogP contribution in [-0.2, 0) is 4.79 Å². The molecule has 1 aromatic rings. The number of benzene rings is 1. The molecule has 0 aromatic heterocycles. The van der Waals surface area contributed by atoms with E-state index in [1.807, 2.05) is 25.8 Å². The number of methoxy groups -OCH3 is 2. The fourth-order valence-electron chi connectivity index (χ4n) is 3.12. The highest BCUT2D eigenvalue weighted by Gasteiger charge is 2.29. The molecule has 2 rings (SSSR count). The van der Waals surface area contributed by atoms with Crippen molar-refractivity contribution in [1.82, 2.24) is 15.1 Å². The van der Waals surface area contributed by atoms with Crippen molar-refractivity contribution in [2.24, 2.45) is 5.92 Å². The smallest absolute Gasteiger partial charge is 0.252 e. The molecule has 7 heteroatoms. The lowest BCUT2D eigenvalue weighted by Crippen LogP contribution is -2.54. The van der Waals surface area contributed by atoms with Crippen LogP contribution < -0.4 is 14.8 Å². The Hall–Kier alpha value is -2.28. The summed E-state index contributed by atoms with van der Waals surface area (Å²) < 4.78 is 10.5. The minimum absolute atomic E-state index is 0.0139. The first-order valence-electron chi connectivity index (χ1n) is 9.35. The number of likely N-dealkylation sites (N-methyl/N-ethyl adjacent to an activating group) is 1. The normalized spacial score (nSPS) is 16.1. The van der Waals surface area contributed by atoms with Gasteiger partial charge in [0.25, 0.3) is 5.91 Å². The van der Waals surface area contributed by atoms with Crippen molar-refractivity contribution < 1.29 is 19.1 Å². The Kier molecular flexibility index (Phi) is 7.47. The van der Waals surface area contributed by atoms with Gasteiger partial charge in [0.05, 0.1) is 14.2 Å². The maximum Gasteiger partial charge on any atom is 0.252 e. The van der Waals surface area contributed by atoms with Crippen LogP contribution in [0, 0.1) is 5.92 Å². The fraction of sp³-hybridized carbons (Fsp3) is 0.600. The van der Waals surface area contributed by atoms with Crippen LogP contribution >= 0.6 is 0 Å². The van der Waals surface area contributed by atoms with E-state index in [9.17, 15) is 9.59 Å². The average Bonchev–Trinajstić information content (AvgIpc) is 2.66. The van der Waals surface area contributed by atoms with Gasteiger partial charge in [-0.1, -0.05) is 13.8 Å². The Labute approximate surface area is 161 Å². The van der Waals surface area contributed by atoms with Crippen LogP contribution in [0.25, 0.3) is 0 Å². The van der Waals surface area contributed by atoms with Crippen molar-refractivity contribution in [3.05, 3.63) is 23.8 Å². The van der Waals surface area contributed by atoms with E-state index in [-0.39, 0.29) is 17.7 Å². The number of piperazine rings is 1. The molecule has 150 valence electrons. The average molecular weight is 377 g/mol. The lowest BCUT2D eigenvalue weighted by molar-refractivity contribution is -0.135. The maximum atomic E-state index is 13.0. The van der Waals surface area contributed by atoms with Crippen molar-refractivity contribution in [2.45, 2.75) is 26.3 Å². The molecule has 0 aliphatic carbocycles. The molecule has 1 atom stereocenters. The van der Waals surface area contributed by atoms with E-state index < -0.39 is 6.04 Å². The third-order valence-electron chi connectivity index (χ3n) is 4.74. The van der Waals surface area contributed by atoms with Gasteiger partial charge in [-0.3, -0.25) is 9.59 Å². The van der Waals surface area contributed by atoms with Crippen LogP contribution in [-0.4, -0.2) is 75.1 Å². The number of ether oxygens (including phenoxy) is 2. The summed E-state index contributed by atoms with van der Waals surface area (Å²) in [5, 5.41) is 2.92. The first kappa shape index (κ1) is 21.0. The van der Waals surface area contributed by atoms with Gasteiger partial charge >= 0.3 is 0 Å². The predicted molar refractivity (Wildman–Crippen MR) is 104 cm³/mol. The Balaban J connectivity index is 2.15. The summed E-state index contributed by atoms with van der Waals surface area (Å²) in [6.45, 7) is 7.16. The number of nitrogens with zero attached hydrogens (tertiary/aromatic N) is 2. The molecule has 0 radical (unpaired) electrons. The second-order valence-corrected chi connectivity index (χ2v) is 7.39. The van der Waals surface area contributed by atoms with Crippen LogP contribution in [0.4, 0.5) is 0 Å². The molecule has 1 N–H and O–H groups in total. The van der Waals surface area contributed by atoms with Gasteiger partial charge in [0.2, 0.25) is 5.91 Å². The molecule has 1 saturated heterocycles. The summed E-state index contributed by atoms with van der Waals surface area (Å²) in [6, 6.07) is 4.45. The molecule has 7 nitrogen and oxygen atoms in total. The van der Waals surface area contributed by atoms with Gasteiger partial charge in [-0.2, -0.15) is 0 Å².